The summed E-state index contributed by atoms with van der Waals surface area (Å²) in [7, 11) is 0. The Labute approximate surface area is 110 Å². The number of amides is 1. The summed E-state index contributed by atoms with van der Waals surface area (Å²) >= 11 is 0. The van der Waals surface area contributed by atoms with E-state index in [1.54, 1.807) is 17.0 Å². The van der Waals surface area contributed by atoms with E-state index in [0.29, 0.717) is 24.1 Å². The highest BCUT2D eigenvalue weighted by molar-refractivity contribution is 5.96. The van der Waals surface area contributed by atoms with Gasteiger partial charge in [0, 0.05) is 31.1 Å². The lowest BCUT2D eigenvalue weighted by Gasteiger charge is -2.31. The molecule has 1 atom stereocenters. The van der Waals surface area contributed by atoms with Crippen LogP contribution in [0.4, 0.5) is 4.39 Å². The topological polar surface area (TPSA) is 45.5 Å². The number of carbonyl (C=O) groups excluding carboxylic acids is 1. The molecule has 100 valence electrons. The highest BCUT2D eigenvalue weighted by Gasteiger charge is 2.24. The molecule has 5 heteroatoms. The number of piperazine rings is 1. The molecule has 1 N–H and O–H groups in total. The van der Waals surface area contributed by atoms with Crippen molar-refractivity contribution in [2.24, 2.45) is 0 Å². The highest BCUT2D eigenvalue weighted by atomic mass is 19.1. The van der Waals surface area contributed by atoms with Gasteiger partial charge >= 0.3 is 0 Å². The van der Waals surface area contributed by atoms with Gasteiger partial charge in [-0.05, 0) is 31.2 Å². The summed E-state index contributed by atoms with van der Waals surface area (Å²) in [6.45, 7) is 4.13. The average molecular weight is 262 g/mol. The molecular formula is C14H15FN2O2. The second-order valence-corrected chi connectivity index (χ2v) is 4.90. The van der Waals surface area contributed by atoms with Crippen molar-refractivity contribution in [1.82, 2.24) is 10.2 Å². The number of furan rings is 1. The molecule has 4 nitrogen and oxygen atoms in total. The Balaban J connectivity index is 1.88. The van der Waals surface area contributed by atoms with Crippen LogP contribution in [0.2, 0.25) is 0 Å². The van der Waals surface area contributed by atoms with E-state index < -0.39 is 0 Å². The number of carbonyl (C=O) groups is 1. The molecule has 0 saturated carbocycles. The van der Waals surface area contributed by atoms with Crippen molar-refractivity contribution in [1.29, 1.82) is 0 Å². The number of hydrogen-bond donors (Lipinski definition) is 1. The summed E-state index contributed by atoms with van der Waals surface area (Å²) in [6.07, 6.45) is 0. The molecule has 0 aliphatic carbocycles. The lowest BCUT2D eigenvalue weighted by Crippen LogP contribution is -2.51. The summed E-state index contributed by atoms with van der Waals surface area (Å²) in [5.74, 6) is -0.192. The molecule has 1 saturated heterocycles. The third-order valence-corrected chi connectivity index (χ3v) is 3.35. The number of nitrogens with one attached hydrogen (secondary N) is 1. The van der Waals surface area contributed by atoms with Gasteiger partial charge in [-0.15, -0.1) is 0 Å². The second kappa shape index (κ2) is 4.66. The summed E-state index contributed by atoms with van der Waals surface area (Å²) < 4.78 is 18.6. The molecular weight excluding hydrogens is 247 g/mol. The van der Waals surface area contributed by atoms with Gasteiger partial charge < -0.3 is 14.6 Å². The van der Waals surface area contributed by atoms with Crippen LogP contribution in [-0.2, 0) is 0 Å². The molecule has 1 amide bonds. The summed E-state index contributed by atoms with van der Waals surface area (Å²) in [5, 5.41) is 3.90. The molecule has 1 aliphatic heterocycles. The third kappa shape index (κ3) is 2.33. The first-order valence-electron chi connectivity index (χ1n) is 6.35. The molecule has 0 radical (unpaired) electrons. The van der Waals surface area contributed by atoms with Gasteiger partial charge in [-0.25, -0.2) is 4.39 Å². The maximum absolute atomic E-state index is 13.1. The summed E-state index contributed by atoms with van der Waals surface area (Å²) in [6, 6.07) is 6.12. The quantitative estimate of drug-likeness (QED) is 0.855. The normalized spacial score (nSPS) is 19.9. The largest absolute Gasteiger partial charge is 0.451 e. The van der Waals surface area contributed by atoms with E-state index in [9.17, 15) is 9.18 Å². The van der Waals surface area contributed by atoms with Crippen molar-refractivity contribution < 1.29 is 13.6 Å². The third-order valence-electron chi connectivity index (χ3n) is 3.35. The van der Waals surface area contributed by atoms with Gasteiger partial charge in [0.2, 0.25) is 0 Å². The van der Waals surface area contributed by atoms with Crippen molar-refractivity contribution in [3.05, 3.63) is 35.8 Å². The van der Waals surface area contributed by atoms with Crippen LogP contribution in [0.5, 0.6) is 0 Å². The maximum Gasteiger partial charge on any atom is 0.289 e. The lowest BCUT2D eigenvalue weighted by atomic mass is 10.2. The number of benzene rings is 1. The van der Waals surface area contributed by atoms with Gasteiger partial charge in [0.05, 0.1) is 0 Å². The molecule has 19 heavy (non-hydrogen) atoms. The zero-order valence-corrected chi connectivity index (χ0v) is 10.6. The van der Waals surface area contributed by atoms with E-state index in [2.05, 4.69) is 5.32 Å². The van der Waals surface area contributed by atoms with Crippen LogP contribution in [0.25, 0.3) is 11.0 Å². The van der Waals surface area contributed by atoms with E-state index in [0.717, 1.165) is 6.54 Å². The van der Waals surface area contributed by atoms with Gasteiger partial charge in [-0.2, -0.15) is 0 Å². The molecule has 1 fully saturated rings. The minimum absolute atomic E-state index is 0.134. The van der Waals surface area contributed by atoms with E-state index in [-0.39, 0.29) is 23.5 Å². The van der Waals surface area contributed by atoms with Crippen LogP contribution < -0.4 is 5.32 Å². The van der Waals surface area contributed by atoms with Gasteiger partial charge in [0.25, 0.3) is 5.91 Å². The lowest BCUT2D eigenvalue weighted by molar-refractivity contribution is 0.0679. The maximum atomic E-state index is 13.1. The van der Waals surface area contributed by atoms with Crippen LogP contribution in [0, 0.1) is 5.82 Å². The zero-order valence-electron chi connectivity index (χ0n) is 10.6. The average Bonchev–Trinajstić information content (AvgIpc) is 2.80. The van der Waals surface area contributed by atoms with Crippen LogP contribution in [-0.4, -0.2) is 36.5 Å². The molecule has 3 rings (SSSR count). The monoisotopic (exact) mass is 262 g/mol. The van der Waals surface area contributed by atoms with Crippen molar-refractivity contribution in [2.45, 2.75) is 13.0 Å². The van der Waals surface area contributed by atoms with E-state index >= 15 is 0 Å². The van der Waals surface area contributed by atoms with Gasteiger partial charge in [-0.3, -0.25) is 4.79 Å². The van der Waals surface area contributed by atoms with Crippen molar-refractivity contribution in [2.75, 3.05) is 19.6 Å². The number of rotatable bonds is 1. The van der Waals surface area contributed by atoms with E-state index in [1.165, 1.54) is 12.1 Å². The number of hydrogen-bond acceptors (Lipinski definition) is 3. The first kappa shape index (κ1) is 12.2. The van der Waals surface area contributed by atoms with E-state index in [4.69, 9.17) is 4.42 Å². The molecule has 1 aromatic carbocycles. The van der Waals surface area contributed by atoms with Gasteiger partial charge in [0.15, 0.2) is 5.76 Å². The second-order valence-electron chi connectivity index (χ2n) is 4.90. The number of nitrogens with zero attached hydrogens (tertiary/aromatic N) is 1. The SMILES string of the molecule is C[C@H]1CN(C(=O)c2cc3cc(F)ccc3o2)CCN1. The predicted octanol–water partition coefficient (Wildman–Crippen LogP) is 2.01. The Morgan fingerprint density at radius 2 is 2.32 bits per heavy atom. The van der Waals surface area contributed by atoms with Gasteiger partial charge in [-0.1, -0.05) is 0 Å². The molecule has 2 aromatic rings. The molecule has 0 bridgehead atoms. The van der Waals surface area contributed by atoms with Crippen LogP contribution in [0.3, 0.4) is 0 Å². The van der Waals surface area contributed by atoms with E-state index in [1.807, 2.05) is 6.92 Å². The number of fused-ring (bicyclic) bond motifs is 1. The fourth-order valence-corrected chi connectivity index (χ4v) is 2.39. The number of halogens is 1. The Morgan fingerprint density at radius 1 is 1.47 bits per heavy atom. The standard InChI is InChI=1S/C14H15FN2O2/c1-9-8-17(5-4-16-9)14(18)13-7-10-6-11(15)2-3-12(10)19-13/h2-3,6-7,9,16H,4-5,8H2,1H3/t9-/m0/s1. The fraction of sp³-hybridized carbons (Fsp3) is 0.357. The fourth-order valence-electron chi connectivity index (χ4n) is 2.39. The summed E-state index contributed by atoms with van der Waals surface area (Å²) in [5.41, 5.74) is 0.535. The highest BCUT2D eigenvalue weighted by Crippen LogP contribution is 2.21. The Hall–Kier alpha value is -1.88. The summed E-state index contributed by atoms with van der Waals surface area (Å²) in [4.78, 5) is 14.1. The molecule has 0 unspecified atom stereocenters. The van der Waals surface area contributed by atoms with Crippen LogP contribution >= 0.6 is 0 Å². The first-order valence-corrected chi connectivity index (χ1v) is 6.35. The Morgan fingerprint density at radius 3 is 3.11 bits per heavy atom. The van der Waals surface area contributed by atoms with Gasteiger partial charge in [0.1, 0.15) is 11.4 Å². The molecule has 1 aromatic heterocycles. The van der Waals surface area contributed by atoms with Crippen molar-refractivity contribution in [3.8, 4) is 0 Å². The zero-order chi connectivity index (χ0) is 13.4. The minimum atomic E-state index is -0.330. The van der Waals surface area contributed by atoms with Crippen LogP contribution in [0.15, 0.2) is 28.7 Å². The molecule has 0 spiro atoms. The van der Waals surface area contributed by atoms with Crippen LogP contribution in [0.1, 0.15) is 17.5 Å². The Kier molecular flexibility index (Phi) is 2.98. The predicted molar refractivity (Wildman–Crippen MR) is 69.5 cm³/mol. The van der Waals surface area contributed by atoms with Crippen molar-refractivity contribution in [3.63, 3.8) is 0 Å². The van der Waals surface area contributed by atoms with Crippen molar-refractivity contribution >= 4 is 16.9 Å². The minimum Gasteiger partial charge on any atom is -0.451 e. The first-order chi connectivity index (χ1) is 9.13. The molecule has 1 aliphatic rings. The molecule has 2 heterocycles. The smallest absolute Gasteiger partial charge is 0.289 e. The Bertz CT molecular complexity index is 623.